The van der Waals surface area contributed by atoms with Gasteiger partial charge in [-0.15, -0.1) is 0 Å². The van der Waals surface area contributed by atoms with E-state index >= 15 is 0 Å². The normalized spacial score (nSPS) is 17.6. The van der Waals surface area contributed by atoms with Crippen LogP contribution in [0.25, 0.3) is 0 Å². The first kappa shape index (κ1) is 23.1. The number of carbonyl (C=O) groups excluding carboxylic acids is 2. The molecular weight excluding hydrogens is 422 g/mol. The molecule has 0 amide bonds. The van der Waals surface area contributed by atoms with Crippen LogP contribution in [0.2, 0.25) is 0 Å². The maximum absolute atomic E-state index is 13.2. The van der Waals surface area contributed by atoms with Crippen LogP contribution in [-0.2, 0) is 32.6 Å². The first-order chi connectivity index (χ1) is 14.7. The lowest BCUT2D eigenvalue weighted by Crippen LogP contribution is -2.48. The Balaban J connectivity index is 1.71. The van der Waals surface area contributed by atoms with E-state index in [1.54, 1.807) is 0 Å². The number of hydrogen-bond donors (Lipinski definition) is 0. The van der Waals surface area contributed by atoms with Gasteiger partial charge in [-0.3, -0.25) is 9.59 Å². The van der Waals surface area contributed by atoms with E-state index in [-0.39, 0.29) is 29.7 Å². The Kier molecular flexibility index (Phi) is 7.22. The summed E-state index contributed by atoms with van der Waals surface area (Å²) in [6, 6.07) is 4.78. The van der Waals surface area contributed by atoms with Crippen molar-refractivity contribution in [1.29, 1.82) is 0 Å². The summed E-state index contributed by atoms with van der Waals surface area (Å²) in [6.07, 6.45) is 2.38. The quantitative estimate of drug-likeness (QED) is 0.446. The molecule has 10 heteroatoms. The van der Waals surface area contributed by atoms with E-state index in [0.29, 0.717) is 43.0 Å². The fourth-order valence-electron chi connectivity index (χ4n) is 3.45. The number of ketones is 1. The van der Waals surface area contributed by atoms with Gasteiger partial charge >= 0.3 is 5.97 Å². The van der Waals surface area contributed by atoms with Gasteiger partial charge in [0.05, 0.1) is 4.90 Å². The summed E-state index contributed by atoms with van der Waals surface area (Å²) in [7, 11) is -3.92. The van der Waals surface area contributed by atoms with Crippen LogP contribution in [0.1, 0.15) is 62.1 Å². The molecule has 9 nitrogen and oxygen atoms in total. The number of carbonyl (C=O) groups is 2. The van der Waals surface area contributed by atoms with E-state index in [9.17, 15) is 18.0 Å². The molecule has 1 saturated heterocycles. The number of benzene rings is 1. The third-order valence-corrected chi connectivity index (χ3v) is 6.95. The Morgan fingerprint density at radius 2 is 1.94 bits per heavy atom. The molecule has 0 saturated carbocycles. The van der Waals surface area contributed by atoms with Crippen molar-refractivity contribution in [2.45, 2.75) is 64.0 Å². The van der Waals surface area contributed by atoms with Crippen molar-refractivity contribution in [3.05, 3.63) is 41.5 Å². The minimum atomic E-state index is -3.92. The van der Waals surface area contributed by atoms with E-state index < -0.39 is 22.0 Å². The average Bonchev–Trinajstić information content (AvgIpc) is 3.18. The zero-order valence-electron chi connectivity index (χ0n) is 17.9. The molecular formula is C21H27N3O6S. The molecule has 168 valence electrons. The summed E-state index contributed by atoms with van der Waals surface area (Å²) >= 11 is 0. The highest BCUT2D eigenvalue weighted by atomic mass is 32.2. The lowest BCUT2D eigenvalue weighted by atomic mass is 10.1. The van der Waals surface area contributed by atoms with Gasteiger partial charge in [-0.25, -0.2) is 8.42 Å². The van der Waals surface area contributed by atoms with Crippen molar-refractivity contribution in [2.24, 2.45) is 5.92 Å². The van der Waals surface area contributed by atoms with Crippen LogP contribution in [0, 0.1) is 5.92 Å². The number of rotatable bonds is 8. The van der Waals surface area contributed by atoms with E-state index in [0.717, 1.165) is 0 Å². The number of Topliss-reactive ketones (excluding diaryl/α,β-unsaturated/α-hetero) is 1. The van der Waals surface area contributed by atoms with Gasteiger partial charge in [-0.05, 0) is 44.2 Å². The van der Waals surface area contributed by atoms with Gasteiger partial charge in [0.2, 0.25) is 10.0 Å². The summed E-state index contributed by atoms with van der Waals surface area (Å²) in [5, 5.41) is 3.85. The molecule has 0 aliphatic carbocycles. The summed E-state index contributed by atoms with van der Waals surface area (Å²) in [6.45, 7) is 5.48. The predicted octanol–water partition coefficient (Wildman–Crippen LogP) is 2.76. The molecule has 0 radical (unpaired) electrons. The van der Waals surface area contributed by atoms with E-state index in [4.69, 9.17) is 9.26 Å². The maximum Gasteiger partial charge on any atom is 0.324 e. The molecule has 1 atom stereocenters. The number of aromatic nitrogens is 2. The summed E-state index contributed by atoms with van der Waals surface area (Å²) < 4.78 is 37.9. The van der Waals surface area contributed by atoms with Crippen molar-refractivity contribution in [3.63, 3.8) is 0 Å². The van der Waals surface area contributed by atoms with Gasteiger partial charge < -0.3 is 9.26 Å². The van der Waals surface area contributed by atoms with Gasteiger partial charge in [-0.2, -0.15) is 9.29 Å². The summed E-state index contributed by atoms with van der Waals surface area (Å²) in [5.74, 6) is 0.276. The molecule has 1 unspecified atom stereocenters. The molecule has 3 rings (SSSR count). The Bertz CT molecular complexity index is 1030. The second-order valence-electron chi connectivity index (χ2n) is 8.02. The molecule has 31 heavy (non-hydrogen) atoms. The zero-order chi connectivity index (χ0) is 22.6. The van der Waals surface area contributed by atoms with Crippen LogP contribution in [0.15, 0.2) is 33.7 Å². The Labute approximate surface area is 181 Å². The van der Waals surface area contributed by atoms with Crippen LogP contribution in [-0.4, -0.2) is 47.2 Å². The van der Waals surface area contributed by atoms with Gasteiger partial charge in [0, 0.05) is 18.5 Å². The smallest absolute Gasteiger partial charge is 0.324 e. The number of hydrogen-bond acceptors (Lipinski definition) is 8. The van der Waals surface area contributed by atoms with Crippen LogP contribution in [0.4, 0.5) is 0 Å². The number of piperidine rings is 1. The minimum absolute atomic E-state index is 0.0347. The van der Waals surface area contributed by atoms with Crippen LogP contribution < -0.4 is 0 Å². The molecule has 0 N–H and O–H groups in total. The van der Waals surface area contributed by atoms with Crippen LogP contribution in [0.5, 0.6) is 0 Å². The molecule has 0 bridgehead atoms. The van der Waals surface area contributed by atoms with Gasteiger partial charge in [0.25, 0.3) is 5.89 Å². The topological polar surface area (TPSA) is 120 Å². The van der Waals surface area contributed by atoms with Gasteiger partial charge in [0.15, 0.2) is 18.2 Å². The predicted molar refractivity (Wildman–Crippen MR) is 111 cm³/mol. The SMILES string of the molecule is CC(=O)c1ccc(S(=O)(=O)N2CCCCC2C(=O)OCc2nc(CC(C)C)no2)cc1. The lowest BCUT2D eigenvalue weighted by Gasteiger charge is -2.32. The Hall–Kier alpha value is -2.59. The molecule has 1 aliphatic heterocycles. The third-order valence-electron chi connectivity index (χ3n) is 5.03. The molecule has 1 aliphatic rings. The highest BCUT2D eigenvalue weighted by molar-refractivity contribution is 7.89. The molecule has 2 aromatic rings. The summed E-state index contributed by atoms with van der Waals surface area (Å²) in [5.41, 5.74) is 0.421. The fraction of sp³-hybridized carbons (Fsp3) is 0.524. The van der Waals surface area contributed by atoms with Crippen molar-refractivity contribution in [3.8, 4) is 0 Å². The van der Waals surface area contributed by atoms with Gasteiger partial charge in [-0.1, -0.05) is 31.1 Å². The Morgan fingerprint density at radius 3 is 2.58 bits per heavy atom. The number of esters is 1. The maximum atomic E-state index is 13.2. The number of ether oxygens (including phenoxy) is 1. The zero-order valence-corrected chi connectivity index (χ0v) is 18.7. The third kappa shape index (κ3) is 5.56. The lowest BCUT2D eigenvalue weighted by molar-refractivity contribution is -0.151. The number of nitrogens with zero attached hydrogens (tertiary/aromatic N) is 3. The second kappa shape index (κ2) is 9.69. The molecule has 1 fully saturated rings. The number of sulfonamides is 1. The van der Waals surface area contributed by atoms with Crippen molar-refractivity contribution >= 4 is 21.8 Å². The van der Waals surface area contributed by atoms with E-state index in [1.807, 2.05) is 13.8 Å². The van der Waals surface area contributed by atoms with E-state index in [2.05, 4.69) is 10.1 Å². The largest absolute Gasteiger partial charge is 0.454 e. The molecule has 1 aromatic carbocycles. The average molecular weight is 450 g/mol. The monoisotopic (exact) mass is 449 g/mol. The van der Waals surface area contributed by atoms with Crippen molar-refractivity contribution in [2.75, 3.05) is 6.54 Å². The van der Waals surface area contributed by atoms with Crippen molar-refractivity contribution in [1.82, 2.24) is 14.4 Å². The van der Waals surface area contributed by atoms with Crippen LogP contribution >= 0.6 is 0 Å². The molecule has 0 spiro atoms. The summed E-state index contributed by atoms with van der Waals surface area (Å²) in [4.78, 5) is 28.4. The van der Waals surface area contributed by atoms with Gasteiger partial charge in [0.1, 0.15) is 6.04 Å². The highest BCUT2D eigenvalue weighted by Gasteiger charge is 2.38. The van der Waals surface area contributed by atoms with Crippen LogP contribution in [0.3, 0.4) is 0 Å². The fourth-order valence-corrected chi connectivity index (χ4v) is 5.10. The van der Waals surface area contributed by atoms with E-state index in [1.165, 1.54) is 35.5 Å². The first-order valence-corrected chi connectivity index (χ1v) is 11.7. The second-order valence-corrected chi connectivity index (χ2v) is 9.91. The first-order valence-electron chi connectivity index (χ1n) is 10.3. The Morgan fingerprint density at radius 1 is 1.23 bits per heavy atom. The molecule has 2 heterocycles. The van der Waals surface area contributed by atoms with Crippen molar-refractivity contribution < 1.29 is 27.3 Å². The highest BCUT2D eigenvalue weighted by Crippen LogP contribution is 2.26. The minimum Gasteiger partial charge on any atom is -0.454 e. The molecule has 1 aromatic heterocycles. The standard InChI is InChI=1S/C21H27N3O6S/c1-14(2)12-19-22-20(30-23-19)13-29-21(26)18-6-4-5-11-24(18)31(27,28)17-9-7-16(8-10-17)15(3)25/h7-10,14,18H,4-6,11-13H2,1-3H3.